The Labute approximate surface area is 96.4 Å². The van der Waals surface area contributed by atoms with Crippen LogP contribution >= 0.6 is 0 Å². The van der Waals surface area contributed by atoms with Crippen LogP contribution in [0.25, 0.3) is 0 Å². The van der Waals surface area contributed by atoms with Crippen molar-refractivity contribution in [2.45, 2.75) is 18.4 Å². The first kappa shape index (κ1) is 13.5. The molecule has 0 aliphatic rings. The predicted octanol–water partition coefficient (Wildman–Crippen LogP) is -2.76. The van der Waals surface area contributed by atoms with Gasteiger partial charge in [0.1, 0.15) is 18.5 Å². The molecule has 9 nitrogen and oxygen atoms in total. The number of ether oxygens (including phenoxy) is 1. The van der Waals surface area contributed by atoms with Gasteiger partial charge in [-0.15, -0.1) is 5.10 Å². The molecular weight excluding hydrogens is 232 g/mol. The number of primary amides is 1. The Balaban J connectivity index is 2.80. The molecule has 9 heteroatoms. The molecule has 0 fully saturated rings. The second kappa shape index (κ2) is 5.68. The molecule has 0 spiro atoms. The lowest BCUT2D eigenvalue weighted by molar-refractivity contribution is -0.120. The quantitative estimate of drug-likeness (QED) is 0.425. The van der Waals surface area contributed by atoms with E-state index in [4.69, 9.17) is 15.6 Å². The molecule has 0 aliphatic heterocycles. The maximum absolute atomic E-state index is 10.7. The van der Waals surface area contributed by atoms with E-state index >= 15 is 0 Å². The Kier molecular flexibility index (Phi) is 4.52. The molecule has 1 amide bonds. The minimum Gasteiger partial charge on any atom is -0.394 e. The summed E-state index contributed by atoms with van der Waals surface area (Å²) in [4.78, 5) is 14.3. The fourth-order valence-electron chi connectivity index (χ4n) is 1.19. The average Bonchev–Trinajstić information content (AvgIpc) is 2.78. The zero-order chi connectivity index (χ0) is 13.0. The summed E-state index contributed by atoms with van der Waals surface area (Å²) in [7, 11) is 1.27. The number of carbonyl (C=O) groups is 1. The number of hydrogen-bond acceptors (Lipinski definition) is 7. The molecule has 17 heavy (non-hydrogen) atoms. The van der Waals surface area contributed by atoms with E-state index in [-0.39, 0.29) is 5.82 Å². The second-order valence-electron chi connectivity index (χ2n) is 3.27. The Morgan fingerprint density at radius 1 is 1.65 bits per heavy atom. The Bertz CT molecular complexity index is 378. The minimum absolute atomic E-state index is 0.283. The summed E-state index contributed by atoms with van der Waals surface area (Å²) >= 11 is 0. The highest BCUT2D eigenvalue weighted by Crippen LogP contribution is 2.12. The maximum atomic E-state index is 10.7. The Hall–Kier alpha value is -1.55. The number of carbonyl (C=O) groups excluding carboxylic acids is 1. The van der Waals surface area contributed by atoms with E-state index in [9.17, 15) is 15.0 Å². The van der Waals surface area contributed by atoms with E-state index in [2.05, 4.69) is 10.1 Å². The predicted molar refractivity (Wildman–Crippen MR) is 53.7 cm³/mol. The first-order chi connectivity index (χ1) is 8.01. The monoisotopic (exact) mass is 246 g/mol. The van der Waals surface area contributed by atoms with Crippen molar-refractivity contribution < 1.29 is 24.9 Å². The van der Waals surface area contributed by atoms with E-state index < -0.39 is 30.9 Å². The third-order valence-electron chi connectivity index (χ3n) is 2.17. The summed E-state index contributed by atoms with van der Waals surface area (Å²) in [5.74, 6) is -1.13. The number of aliphatic hydroxyl groups excluding tert-OH is 3. The van der Waals surface area contributed by atoms with Gasteiger partial charge >= 0.3 is 0 Å². The van der Waals surface area contributed by atoms with Crippen LogP contribution in [0.5, 0.6) is 0 Å². The zero-order valence-corrected chi connectivity index (χ0v) is 9.09. The van der Waals surface area contributed by atoms with Crippen LogP contribution in [0, 0.1) is 0 Å². The molecule has 3 atom stereocenters. The SMILES string of the molecule is CO[C@@H](CO)[C@H](O)[C@H](O)n1cnc(C(N)=O)n1. The molecule has 0 saturated heterocycles. The highest BCUT2D eigenvalue weighted by molar-refractivity contribution is 5.88. The topological polar surface area (TPSA) is 144 Å². The van der Waals surface area contributed by atoms with Crippen LogP contribution in [0.3, 0.4) is 0 Å². The van der Waals surface area contributed by atoms with Gasteiger partial charge in [0.05, 0.1) is 6.61 Å². The first-order valence-electron chi connectivity index (χ1n) is 4.72. The van der Waals surface area contributed by atoms with Gasteiger partial charge in [-0.2, -0.15) is 0 Å². The Morgan fingerprint density at radius 2 is 2.29 bits per heavy atom. The summed E-state index contributed by atoms with van der Waals surface area (Å²) in [5.41, 5.74) is 4.93. The number of amides is 1. The normalized spacial score (nSPS) is 16.5. The van der Waals surface area contributed by atoms with Crippen LogP contribution in [0.15, 0.2) is 6.33 Å². The maximum Gasteiger partial charge on any atom is 0.288 e. The van der Waals surface area contributed by atoms with Gasteiger partial charge in [0.15, 0.2) is 6.23 Å². The lowest BCUT2D eigenvalue weighted by Gasteiger charge is -2.23. The number of rotatable bonds is 6. The van der Waals surface area contributed by atoms with Crippen LogP contribution in [-0.4, -0.2) is 61.9 Å². The van der Waals surface area contributed by atoms with E-state index in [1.54, 1.807) is 0 Å². The van der Waals surface area contributed by atoms with Crippen molar-refractivity contribution in [2.75, 3.05) is 13.7 Å². The van der Waals surface area contributed by atoms with Gasteiger partial charge in [-0.05, 0) is 0 Å². The molecule has 0 unspecified atom stereocenters. The zero-order valence-electron chi connectivity index (χ0n) is 9.09. The van der Waals surface area contributed by atoms with E-state index in [0.717, 1.165) is 11.0 Å². The van der Waals surface area contributed by atoms with Gasteiger partial charge in [-0.3, -0.25) is 4.79 Å². The number of aromatic nitrogens is 3. The number of hydrogen-bond donors (Lipinski definition) is 4. The van der Waals surface area contributed by atoms with Gasteiger partial charge in [0.25, 0.3) is 5.91 Å². The molecule has 5 N–H and O–H groups in total. The number of aliphatic hydroxyl groups is 3. The molecule has 0 radical (unpaired) electrons. The molecular formula is C8H14N4O5. The van der Waals surface area contributed by atoms with Gasteiger partial charge in [0, 0.05) is 7.11 Å². The number of methoxy groups -OCH3 is 1. The minimum atomic E-state index is -1.51. The van der Waals surface area contributed by atoms with Crippen molar-refractivity contribution in [3.05, 3.63) is 12.2 Å². The summed E-state index contributed by atoms with van der Waals surface area (Å²) in [6.45, 7) is -0.480. The molecule has 0 aliphatic carbocycles. The van der Waals surface area contributed by atoms with E-state index in [0.29, 0.717) is 0 Å². The van der Waals surface area contributed by atoms with Gasteiger partial charge in [0.2, 0.25) is 5.82 Å². The van der Waals surface area contributed by atoms with E-state index in [1.165, 1.54) is 7.11 Å². The van der Waals surface area contributed by atoms with Crippen LogP contribution in [0.4, 0.5) is 0 Å². The van der Waals surface area contributed by atoms with Crippen molar-refractivity contribution in [1.82, 2.24) is 14.8 Å². The highest BCUT2D eigenvalue weighted by Gasteiger charge is 2.28. The molecule has 1 aromatic rings. The summed E-state index contributed by atoms with van der Waals surface area (Å²) < 4.78 is 5.60. The molecule has 96 valence electrons. The third-order valence-corrected chi connectivity index (χ3v) is 2.17. The lowest BCUT2D eigenvalue weighted by Crippen LogP contribution is -2.39. The molecule has 1 heterocycles. The molecule has 1 aromatic heterocycles. The fourth-order valence-corrected chi connectivity index (χ4v) is 1.19. The first-order valence-corrected chi connectivity index (χ1v) is 4.72. The van der Waals surface area contributed by atoms with Crippen LogP contribution in [0.2, 0.25) is 0 Å². The molecule has 0 bridgehead atoms. The number of nitrogens with zero attached hydrogens (tertiary/aromatic N) is 3. The summed E-state index contributed by atoms with van der Waals surface area (Å²) in [5, 5.41) is 31.8. The standard InChI is InChI=1S/C8H14N4O5/c1-17-4(2-13)5(14)8(16)12-3-10-7(11-12)6(9)15/h3-5,8,13-14,16H,2H2,1H3,(H2,9,15)/t4-,5-,8-/m0/s1. The lowest BCUT2D eigenvalue weighted by atomic mass is 10.2. The molecule has 0 aromatic carbocycles. The van der Waals surface area contributed by atoms with Gasteiger partial charge < -0.3 is 25.8 Å². The number of nitrogens with two attached hydrogens (primary N) is 1. The average molecular weight is 246 g/mol. The largest absolute Gasteiger partial charge is 0.394 e. The van der Waals surface area contributed by atoms with Crippen molar-refractivity contribution in [1.29, 1.82) is 0 Å². The van der Waals surface area contributed by atoms with Crippen LogP contribution < -0.4 is 5.73 Å². The fraction of sp³-hybridized carbons (Fsp3) is 0.625. The molecule has 0 saturated carbocycles. The smallest absolute Gasteiger partial charge is 0.288 e. The summed E-state index contributed by atoms with van der Waals surface area (Å²) in [6, 6.07) is 0. The highest BCUT2D eigenvalue weighted by atomic mass is 16.5. The summed E-state index contributed by atoms with van der Waals surface area (Å²) in [6.07, 6.45) is -2.87. The van der Waals surface area contributed by atoms with Crippen molar-refractivity contribution in [2.24, 2.45) is 5.73 Å². The van der Waals surface area contributed by atoms with Crippen LogP contribution in [0.1, 0.15) is 16.8 Å². The van der Waals surface area contributed by atoms with Crippen LogP contribution in [-0.2, 0) is 4.74 Å². The van der Waals surface area contributed by atoms with Gasteiger partial charge in [-0.25, -0.2) is 9.67 Å². The second-order valence-corrected chi connectivity index (χ2v) is 3.27. The van der Waals surface area contributed by atoms with Crippen molar-refractivity contribution >= 4 is 5.91 Å². The van der Waals surface area contributed by atoms with Crippen molar-refractivity contribution in [3.8, 4) is 0 Å². The third kappa shape index (κ3) is 2.97. The Morgan fingerprint density at radius 3 is 2.71 bits per heavy atom. The van der Waals surface area contributed by atoms with E-state index in [1.807, 2.05) is 0 Å². The van der Waals surface area contributed by atoms with Crippen molar-refractivity contribution in [3.63, 3.8) is 0 Å². The van der Waals surface area contributed by atoms with Gasteiger partial charge in [-0.1, -0.05) is 0 Å². The molecule has 1 rings (SSSR count).